The van der Waals surface area contributed by atoms with E-state index >= 15 is 0 Å². The second-order valence-corrected chi connectivity index (χ2v) is 3.45. The molecule has 0 aliphatic carbocycles. The van der Waals surface area contributed by atoms with Gasteiger partial charge in [-0.2, -0.15) is 0 Å². The highest BCUT2D eigenvalue weighted by molar-refractivity contribution is 5.59. The quantitative estimate of drug-likeness (QED) is 0.748. The van der Waals surface area contributed by atoms with Crippen LogP contribution in [-0.4, -0.2) is 13.7 Å². The third-order valence-corrected chi connectivity index (χ3v) is 2.94. The summed E-state index contributed by atoms with van der Waals surface area (Å²) < 4.78 is 5.61. The molecule has 1 aromatic carbocycles. The Morgan fingerprint density at radius 2 is 2.23 bits per heavy atom. The summed E-state index contributed by atoms with van der Waals surface area (Å²) in [5.41, 5.74) is 2.41. The van der Waals surface area contributed by atoms with E-state index in [-0.39, 0.29) is 5.60 Å². The first-order chi connectivity index (χ1) is 6.32. The van der Waals surface area contributed by atoms with Gasteiger partial charge in [0.2, 0.25) is 0 Å². The van der Waals surface area contributed by atoms with E-state index in [0.717, 1.165) is 13.0 Å². The van der Waals surface area contributed by atoms with E-state index in [2.05, 4.69) is 30.4 Å². The van der Waals surface area contributed by atoms with Crippen LogP contribution in [0, 0.1) is 0 Å². The summed E-state index contributed by atoms with van der Waals surface area (Å²) in [5, 5.41) is 3.37. The summed E-state index contributed by atoms with van der Waals surface area (Å²) in [6, 6.07) is 8.36. The lowest BCUT2D eigenvalue weighted by Gasteiger charge is -2.25. The standard InChI is InChI=1S/C11H15NO/c1-3-11(13-2)8-12-10-7-5-4-6-9(10)11/h4-7,12H,3,8H2,1-2H3. The Kier molecular flexibility index (Phi) is 2.00. The van der Waals surface area contributed by atoms with Gasteiger partial charge in [0.05, 0.1) is 0 Å². The number of nitrogens with one attached hydrogen (secondary N) is 1. The molecule has 1 unspecified atom stereocenters. The lowest BCUT2D eigenvalue weighted by molar-refractivity contribution is -0.000449. The number of fused-ring (bicyclic) bond motifs is 1. The van der Waals surface area contributed by atoms with E-state index in [0.29, 0.717) is 0 Å². The molecule has 1 aromatic rings. The molecule has 2 heteroatoms. The monoisotopic (exact) mass is 177 g/mol. The van der Waals surface area contributed by atoms with Gasteiger partial charge in [0, 0.05) is 24.9 Å². The van der Waals surface area contributed by atoms with Gasteiger partial charge < -0.3 is 10.1 Å². The molecule has 0 saturated heterocycles. The number of ether oxygens (including phenoxy) is 1. The fraction of sp³-hybridized carbons (Fsp3) is 0.455. The van der Waals surface area contributed by atoms with Crippen LogP contribution >= 0.6 is 0 Å². The van der Waals surface area contributed by atoms with Gasteiger partial charge in [-0.05, 0) is 12.5 Å². The second-order valence-electron chi connectivity index (χ2n) is 3.45. The summed E-state index contributed by atoms with van der Waals surface area (Å²) >= 11 is 0. The molecule has 0 bridgehead atoms. The molecule has 2 rings (SSSR count). The number of para-hydroxylation sites is 1. The minimum atomic E-state index is -0.101. The maximum Gasteiger partial charge on any atom is 0.112 e. The molecule has 0 aromatic heterocycles. The summed E-state index contributed by atoms with van der Waals surface area (Å²) in [4.78, 5) is 0. The Morgan fingerprint density at radius 3 is 2.92 bits per heavy atom. The number of benzene rings is 1. The van der Waals surface area contributed by atoms with Crippen LogP contribution in [0.1, 0.15) is 18.9 Å². The Morgan fingerprint density at radius 1 is 1.46 bits per heavy atom. The maximum atomic E-state index is 5.61. The predicted octanol–water partition coefficient (Wildman–Crippen LogP) is 2.36. The van der Waals surface area contributed by atoms with E-state index in [4.69, 9.17) is 4.74 Å². The zero-order valence-corrected chi connectivity index (χ0v) is 8.13. The number of anilines is 1. The lowest BCUT2D eigenvalue weighted by atomic mass is 9.93. The highest BCUT2D eigenvalue weighted by atomic mass is 16.5. The lowest BCUT2D eigenvalue weighted by Crippen LogP contribution is -2.29. The van der Waals surface area contributed by atoms with E-state index in [1.807, 2.05) is 6.07 Å². The van der Waals surface area contributed by atoms with Crippen molar-refractivity contribution >= 4 is 5.69 Å². The molecular weight excluding hydrogens is 162 g/mol. The first kappa shape index (κ1) is 8.57. The van der Waals surface area contributed by atoms with E-state index < -0.39 is 0 Å². The van der Waals surface area contributed by atoms with Crippen molar-refractivity contribution < 1.29 is 4.74 Å². The zero-order chi connectivity index (χ0) is 9.31. The van der Waals surface area contributed by atoms with Crippen LogP contribution in [0.3, 0.4) is 0 Å². The van der Waals surface area contributed by atoms with Crippen LogP contribution in [0.15, 0.2) is 24.3 Å². The minimum absolute atomic E-state index is 0.101. The molecule has 0 spiro atoms. The second kappa shape index (κ2) is 3.04. The largest absolute Gasteiger partial charge is 0.381 e. The molecule has 0 amide bonds. The number of hydrogen-bond acceptors (Lipinski definition) is 2. The number of rotatable bonds is 2. The SMILES string of the molecule is CCC1(OC)CNc2ccccc21. The molecule has 13 heavy (non-hydrogen) atoms. The van der Waals surface area contributed by atoms with Gasteiger partial charge in [0.15, 0.2) is 0 Å². The molecule has 70 valence electrons. The Labute approximate surface area is 78.9 Å². The van der Waals surface area contributed by atoms with Gasteiger partial charge in [-0.15, -0.1) is 0 Å². The van der Waals surface area contributed by atoms with Gasteiger partial charge in [-0.1, -0.05) is 25.1 Å². The smallest absolute Gasteiger partial charge is 0.112 e. The van der Waals surface area contributed by atoms with Crippen LogP contribution in [0.25, 0.3) is 0 Å². The Balaban J connectivity index is 2.47. The summed E-state index contributed by atoms with van der Waals surface area (Å²) in [5.74, 6) is 0. The molecule has 0 fully saturated rings. The van der Waals surface area contributed by atoms with Crippen molar-refractivity contribution in [3.63, 3.8) is 0 Å². The van der Waals surface area contributed by atoms with Crippen molar-refractivity contribution in [1.82, 2.24) is 0 Å². The molecule has 1 atom stereocenters. The van der Waals surface area contributed by atoms with E-state index in [9.17, 15) is 0 Å². The van der Waals surface area contributed by atoms with Gasteiger partial charge in [-0.25, -0.2) is 0 Å². The molecular formula is C11H15NO. The van der Waals surface area contributed by atoms with Gasteiger partial charge in [0.1, 0.15) is 5.60 Å². The van der Waals surface area contributed by atoms with E-state index in [1.54, 1.807) is 7.11 Å². The minimum Gasteiger partial charge on any atom is -0.381 e. The van der Waals surface area contributed by atoms with Crippen LogP contribution in [0.4, 0.5) is 5.69 Å². The summed E-state index contributed by atoms with van der Waals surface area (Å²) in [7, 11) is 1.78. The van der Waals surface area contributed by atoms with Crippen LogP contribution in [0.2, 0.25) is 0 Å². The van der Waals surface area contributed by atoms with Crippen LogP contribution in [-0.2, 0) is 10.3 Å². The third-order valence-electron chi connectivity index (χ3n) is 2.94. The highest BCUT2D eigenvalue weighted by Crippen LogP contribution is 2.39. The molecule has 1 heterocycles. The first-order valence-corrected chi connectivity index (χ1v) is 4.71. The third kappa shape index (κ3) is 1.13. The molecule has 1 N–H and O–H groups in total. The Hall–Kier alpha value is -1.02. The molecule has 0 radical (unpaired) electrons. The average molecular weight is 177 g/mol. The van der Waals surface area contributed by atoms with Crippen molar-refractivity contribution in [2.75, 3.05) is 19.0 Å². The van der Waals surface area contributed by atoms with Gasteiger partial charge in [-0.3, -0.25) is 0 Å². The van der Waals surface area contributed by atoms with Crippen molar-refractivity contribution in [1.29, 1.82) is 0 Å². The predicted molar refractivity (Wildman–Crippen MR) is 53.9 cm³/mol. The summed E-state index contributed by atoms with van der Waals surface area (Å²) in [6.07, 6.45) is 1.01. The number of hydrogen-bond donors (Lipinski definition) is 1. The maximum absolute atomic E-state index is 5.61. The highest BCUT2D eigenvalue weighted by Gasteiger charge is 2.36. The van der Waals surface area contributed by atoms with Gasteiger partial charge >= 0.3 is 0 Å². The van der Waals surface area contributed by atoms with Crippen LogP contribution < -0.4 is 5.32 Å². The van der Waals surface area contributed by atoms with Crippen molar-refractivity contribution in [3.05, 3.63) is 29.8 Å². The van der Waals surface area contributed by atoms with E-state index in [1.165, 1.54) is 11.3 Å². The topological polar surface area (TPSA) is 21.3 Å². The van der Waals surface area contributed by atoms with Crippen molar-refractivity contribution in [2.45, 2.75) is 18.9 Å². The van der Waals surface area contributed by atoms with Gasteiger partial charge in [0.25, 0.3) is 0 Å². The molecule has 1 aliphatic rings. The average Bonchev–Trinajstić information content (AvgIpc) is 2.58. The van der Waals surface area contributed by atoms with Crippen molar-refractivity contribution in [2.24, 2.45) is 0 Å². The fourth-order valence-corrected chi connectivity index (χ4v) is 2.01. The fourth-order valence-electron chi connectivity index (χ4n) is 2.01. The molecule has 2 nitrogen and oxygen atoms in total. The first-order valence-electron chi connectivity index (χ1n) is 4.71. The normalized spacial score (nSPS) is 25.4. The summed E-state index contributed by atoms with van der Waals surface area (Å²) in [6.45, 7) is 3.05. The zero-order valence-electron chi connectivity index (χ0n) is 8.13. The van der Waals surface area contributed by atoms with Crippen molar-refractivity contribution in [3.8, 4) is 0 Å². The van der Waals surface area contributed by atoms with Crippen LogP contribution in [0.5, 0.6) is 0 Å². The molecule has 1 aliphatic heterocycles. The Bertz CT molecular complexity index is 305. The molecule has 0 saturated carbocycles. The number of methoxy groups -OCH3 is 1.